The van der Waals surface area contributed by atoms with E-state index >= 15 is 4.79 Å². The van der Waals surface area contributed by atoms with Gasteiger partial charge in [-0.1, -0.05) is 20.8 Å². The van der Waals surface area contributed by atoms with Crippen molar-refractivity contribution < 1.29 is 67.4 Å². The summed E-state index contributed by atoms with van der Waals surface area (Å²) in [4.78, 5) is 81.5. The molecule has 5 saturated carbocycles. The summed E-state index contributed by atoms with van der Waals surface area (Å²) in [5.41, 5.74) is -6.53. The van der Waals surface area contributed by atoms with Gasteiger partial charge in [-0.05, 0) is 32.1 Å². The van der Waals surface area contributed by atoms with Crippen molar-refractivity contribution in [2.45, 2.75) is 116 Å². The Kier molecular flexibility index (Phi) is 6.21. The number of ether oxygens (including phenoxy) is 6. The Balaban J connectivity index is 1.38. The van der Waals surface area contributed by atoms with E-state index in [0.29, 0.717) is 0 Å². The van der Waals surface area contributed by atoms with E-state index in [9.17, 15) is 34.2 Å². The fourth-order valence-corrected chi connectivity index (χ4v) is 12.5. The van der Waals surface area contributed by atoms with Crippen molar-refractivity contribution in [3.05, 3.63) is 0 Å². The molecule has 0 aromatic rings. The Bertz CT molecular complexity index is 1590. The van der Waals surface area contributed by atoms with E-state index in [2.05, 4.69) is 0 Å². The Morgan fingerprint density at radius 3 is 2.04 bits per heavy atom. The number of carbonyl (C=O) groups excluding carboxylic acids is 6. The maximum absolute atomic E-state index is 15.4. The van der Waals surface area contributed by atoms with E-state index in [1.165, 1.54) is 27.7 Å². The molecule has 14 heteroatoms. The summed E-state index contributed by atoms with van der Waals surface area (Å²) in [5.74, 6) is -12.3. The molecule has 14 nitrogen and oxygen atoms in total. The van der Waals surface area contributed by atoms with Crippen molar-refractivity contribution in [1.82, 2.24) is 0 Å². The first-order valence-electron chi connectivity index (χ1n) is 16.8. The van der Waals surface area contributed by atoms with Crippen LogP contribution in [0.3, 0.4) is 0 Å². The molecule has 1 spiro atoms. The topological polar surface area (TPSA) is 205 Å². The second kappa shape index (κ2) is 9.23. The van der Waals surface area contributed by atoms with Gasteiger partial charge in [0.25, 0.3) is 5.79 Å². The van der Waals surface area contributed by atoms with Crippen LogP contribution in [0.1, 0.15) is 61.8 Å². The number of ketones is 2. The highest BCUT2D eigenvalue weighted by molar-refractivity contribution is 5.95. The molecule has 3 heterocycles. The maximum Gasteiger partial charge on any atom is 0.341 e. The summed E-state index contributed by atoms with van der Waals surface area (Å²) in [5, 5.41) is 23.9. The zero-order valence-electron chi connectivity index (χ0n) is 28.1. The molecule has 0 aromatic heterocycles. The minimum absolute atomic E-state index is 0.211. The molecule has 48 heavy (non-hydrogen) atoms. The van der Waals surface area contributed by atoms with Crippen LogP contribution in [0.15, 0.2) is 0 Å². The first-order chi connectivity index (χ1) is 22.2. The number of epoxide rings is 2. The summed E-state index contributed by atoms with van der Waals surface area (Å²) >= 11 is 0. The molecular formula is C34H42O14. The molecule has 0 bridgehead atoms. The summed E-state index contributed by atoms with van der Waals surface area (Å²) in [7, 11) is 0. The third-order valence-electron chi connectivity index (χ3n) is 14.4. The van der Waals surface area contributed by atoms with Gasteiger partial charge in [0.05, 0.1) is 11.5 Å². The fourth-order valence-electron chi connectivity index (χ4n) is 12.5. The van der Waals surface area contributed by atoms with E-state index in [4.69, 9.17) is 28.4 Å². The van der Waals surface area contributed by atoms with Crippen LogP contribution in [0.5, 0.6) is 0 Å². The first kappa shape index (κ1) is 32.3. The van der Waals surface area contributed by atoms with Gasteiger partial charge in [0.2, 0.25) is 0 Å². The molecule has 8 fully saturated rings. The predicted octanol–water partition coefficient (Wildman–Crippen LogP) is 0.261. The molecule has 262 valence electrons. The molecule has 0 radical (unpaired) electrons. The first-order valence-corrected chi connectivity index (χ1v) is 16.8. The largest absolute Gasteiger partial charge is 0.459 e. The van der Waals surface area contributed by atoms with E-state index in [-0.39, 0.29) is 6.42 Å². The van der Waals surface area contributed by atoms with E-state index in [1.807, 2.05) is 6.92 Å². The van der Waals surface area contributed by atoms with Crippen LogP contribution < -0.4 is 0 Å². The molecular weight excluding hydrogens is 632 g/mol. The third kappa shape index (κ3) is 3.34. The van der Waals surface area contributed by atoms with Crippen LogP contribution in [-0.2, 0) is 57.2 Å². The van der Waals surface area contributed by atoms with Gasteiger partial charge in [-0.15, -0.1) is 0 Å². The number of rotatable bonds is 3. The zero-order valence-corrected chi connectivity index (χ0v) is 28.1. The molecule has 8 rings (SSSR count). The number of hydrogen-bond donors (Lipinski definition) is 2. The molecule has 19 atom stereocenters. The Labute approximate surface area is 276 Å². The molecule has 3 saturated heterocycles. The van der Waals surface area contributed by atoms with Gasteiger partial charge < -0.3 is 38.6 Å². The van der Waals surface area contributed by atoms with Crippen LogP contribution in [0.2, 0.25) is 0 Å². The lowest BCUT2D eigenvalue weighted by Gasteiger charge is -2.64. The highest BCUT2D eigenvalue weighted by atomic mass is 16.8. The number of aliphatic hydroxyl groups is 2. The highest BCUT2D eigenvalue weighted by Crippen LogP contribution is 2.79. The Morgan fingerprint density at radius 1 is 0.833 bits per heavy atom. The van der Waals surface area contributed by atoms with Crippen LogP contribution in [0, 0.1) is 57.7 Å². The lowest BCUT2D eigenvalue weighted by Crippen LogP contribution is -2.74. The van der Waals surface area contributed by atoms with Gasteiger partial charge in [-0.3, -0.25) is 24.0 Å². The van der Waals surface area contributed by atoms with Crippen molar-refractivity contribution in [3.8, 4) is 0 Å². The molecule has 0 amide bonds. The van der Waals surface area contributed by atoms with E-state index in [1.54, 1.807) is 20.8 Å². The zero-order chi connectivity index (χ0) is 35.0. The summed E-state index contributed by atoms with van der Waals surface area (Å²) in [6, 6.07) is 0. The third-order valence-corrected chi connectivity index (χ3v) is 14.4. The quantitative estimate of drug-likeness (QED) is 0.234. The van der Waals surface area contributed by atoms with E-state index in [0.717, 1.165) is 0 Å². The lowest BCUT2D eigenvalue weighted by atomic mass is 9.41. The predicted molar refractivity (Wildman–Crippen MR) is 155 cm³/mol. The SMILES string of the molecule is CC(=O)O[C@H]1C2C([C@@H](O)C(=O)[C@H]3C[C@@H]4O[C@@H]4[C@H](OC(C)=O)[C@]23C)[C@@H]2C(=O)[C@@H]3[C@H]([C@H](C)[C@H]4O[C@]45OC(=O)[C@@](C)(O)[C@]35C)[C@@]2(C)[C@H]1OC(C)=O. The van der Waals surface area contributed by atoms with Crippen LogP contribution in [0.25, 0.3) is 0 Å². The molecule has 3 aliphatic heterocycles. The van der Waals surface area contributed by atoms with E-state index < -0.39 is 147 Å². The van der Waals surface area contributed by atoms with Gasteiger partial charge in [0.15, 0.2) is 11.4 Å². The molecule has 8 aliphatic rings. The van der Waals surface area contributed by atoms with Crippen molar-refractivity contribution in [2.24, 2.45) is 57.7 Å². The number of carbonyl (C=O) groups is 6. The maximum atomic E-state index is 15.4. The number of aliphatic hydroxyl groups excluding tert-OH is 1. The average molecular weight is 675 g/mol. The Hall–Kier alpha value is -2.94. The van der Waals surface area contributed by atoms with Crippen molar-refractivity contribution in [1.29, 1.82) is 0 Å². The smallest absolute Gasteiger partial charge is 0.341 e. The summed E-state index contributed by atoms with van der Waals surface area (Å²) in [6.07, 6.45) is -6.79. The van der Waals surface area contributed by atoms with Crippen LogP contribution in [-0.4, -0.2) is 99.8 Å². The van der Waals surface area contributed by atoms with Crippen LogP contribution >= 0.6 is 0 Å². The number of Topliss-reactive ketones (excluding diaryl/α,β-unsaturated/α-hetero) is 2. The molecule has 2 N–H and O–H groups in total. The van der Waals surface area contributed by atoms with Crippen LogP contribution in [0.4, 0.5) is 0 Å². The second-order valence-electron chi connectivity index (χ2n) is 16.4. The van der Waals surface area contributed by atoms with Crippen molar-refractivity contribution >= 4 is 35.4 Å². The molecule has 0 aromatic carbocycles. The molecule has 2 unspecified atom stereocenters. The van der Waals surface area contributed by atoms with Crippen molar-refractivity contribution in [2.75, 3.05) is 0 Å². The number of esters is 4. The normalized spacial score (nSPS) is 58.1. The van der Waals surface area contributed by atoms with Gasteiger partial charge in [-0.2, -0.15) is 0 Å². The summed E-state index contributed by atoms with van der Waals surface area (Å²) < 4.78 is 35.9. The molecule has 5 aliphatic carbocycles. The van der Waals surface area contributed by atoms with Gasteiger partial charge in [0.1, 0.15) is 42.4 Å². The van der Waals surface area contributed by atoms with Gasteiger partial charge in [-0.25, -0.2) is 4.79 Å². The van der Waals surface area contributed by atoms with Gasteiger partial charge >= 0.3 is 23.9 Å². The lowest BCUT2D eigenvalue weighted by molar-refractivity contribution is -0.268. The Morgan fingerprint density at radius 2 is 1.44 bits per heavy atom. The summed E-state index contributed by atoms with van der Waals surface area (Å²) in [6.45, 7) is 11.8. The number of fused-ring (bicyclic) bond motifs is 9. The minimum atomic E-state index is -2.17. The van der Waals surface area contributed by atoms with Gasteiger partial charge in [0, 0.05) is 61.2 Å². The highest BCUT2D eigenvalue weighted by Gasteiger charge is 2.93. The second-order valence-corrected chi connectivity index (χ2v) is 16.4. The fraction of sp³-hybridized carbons (Fsp3) is 0.824. The monoisotopic (exact) mass is 674 g/mol. The average Bonchev–Trinajstić information content (AvgIpc) is 3.88. The minimum Gasteiger partial charge on any atom is -0.459 e. The number of hydrogen-bond acceptors (Lipinski definition) is 14. The van der Waals surface area contributed by atoms with Crippen molar-refractivity contribution in [3.63, 3.8) is 0 Å². The standard InChI is InChI=1S/C34H42O14/c1-10-17-20(32(7)33(8,42)29(41)48-34(32)26(10)47-34)23(40)18-16-19(25(43-11(2)35)28(31(17,18)6)45-13(4)37)30(5)14(21(38)22(16)39)9-15-24(46-15)27(30)44-12(3)36/h10,14-20,22,24-28,39,42H,9H2,1-8H3/t10-,14+,15-,16?,17-,18+,19?,20-,22+,24-,25-,26+,27-,28-,30-,31+,32-,33+,34-/m0/s1.